The Morgan fingerprint density at radius 2 is 1.60 bits per heavy atom. The molecule has 1 aliphatic carbocycles. The van der Waals surface area contributed by atoms with Gasteiger partial charge in [0.2, 0.25) is 0 Å². The van der Waals surface area contributed by atoms with Crippen molar-refractivity contribution in [3.8, 4) is 12.4 Å². The maximum atomic E-state index is 12.3. The fourth-order valence-electron chi connectivity index (χ4n) is 1.98. The van der Waals surface area contributed by atoms with Crippen molar-refractivity contribution in [3.05, 3.63) is 60.2 Å². The summed E-state index contributed by atoms with van der Waals surface area (Å²) in [5, 5.41) is 22.4. The van der Waals surface area contributed by atoms with Gasteiger partial charge >= 0.3 is 0 Å². The Balaban J connectivity index is 2.18. The molecule has 0 unspecified atom stereocenters. The van der Waals surface area contributed by atoms with Crippen LogP contribution in [0.25, 0.3) is 0 Å². The summed E-state index contributed by atoms with van der Waals surface area (Å²) in [5.74, 6) is -0.424. The summed E-state index contributed by atoms with van der Waals surface area (Å²) in [4.78, 5) is 12.3. The number of carbonyl (C=O) groups is 1. The maximum Gasteiger partial charge on any atom is 0.179 e. The molecule has 98 valence electrons. The normalized spacial score (nSPS) is 15.9. The van der Waals surface area contributed by atoms with Crippen LogP contribution in [0.4, 0.5) is 0 Å². The fraction of sp³-hybridized carbons (Fsp3) is 0.133. The zero-order valence-electron chi connectivity index (χ0n) is 10.6. The number of hydrogen-bond acceptors (Lipinski definition) is 5. The van der Waals surface area contributed by atoms with Crippen molar-refractivity contribution in [1.29, 1.82) is 10.5 Å². The van der Waals surface area contributed by atoms with Crippen LogP contribution in [0.5, 0.6) is 0 Å². The van der Waals surface area contributed by atoms with E-state index in [2.05, 4.69) is 10.6 Å². The molecule has 0 amide bonds. The van der Waals surface area contributed by atoms with Crippen LogP contribution >= 0.6 is 0 Å². The average Bonchev–Trinajstić information content (AvgIpc) is 2.49. The molecule has 2 rings (SSSR count). The second kappa shape index (κ2) is 5.73. The van der Waals surface area contributed by atoms with Gasteiger partial charge in [0.25, 0.3) is 0 Å². The molecule has 5 heteroatoms. The van der Waals surface area contributed by atoms with E-state index in [9.17, 15) is 4.79 Å². The van der Waals surface area contributed by atoms with E-state index in [0.29, 0.717) is 5.56 Å². The van der Waals surface area contributed by atoms with Crippen molar-refractivity contribution < 1.29 is 4.79 Å². The van der Waals surface area contributed by atoms with Crippen molar-refractivity contribution in [2.75, 3.05) is 0 Å². The topological polar surface area (TPSA) is 88.7 Å². The summed E-state index contributed by atoms with van der Waals surface area (Å²) >= 11 is 0. The molecule has 0 saturated carbocycles. The van der Waals surface area contributed by atoms with Crippen LogP contribution in [0.1, 0.15) is 10.4 Å². The minimum absolute atomic E-state index is 0.0272. The number of ketones is 1. The molecule has 0 atom stereocenters. The lowest BCUT2D eigenvalue weighted by molar-refractivity contribution is 0.0964. The first-order valence-corrected chi connectivity index (χ1v) is 6.01. The van der Waals surface area contributed by atoms with Crippen LogP contribution in [-0.4, -0.2) is 11.4 Å². The summed E-state index contributed by atoms with van der Waals surface area (Å²) in [6.45, 7) is 0. The lowest BCUT2D eigenvalue weighted by Gasteiger charge is -2.27. The van der Waals surface area contributed by atoms with Crippen LogP contribution in [0.15, 0.2) is 54.6 Å². The molecule has 0 aromatic heterocycles. The Kier molecular flexibility index (Phi) is 3.83. The minimum Gasteiger partial charge on any atom is -0.293 e. The van der Waals surface area contributed by atoms with Gasteiger partial charge in [0.1, 0.15) is 0 Å². The van der Waals surface area contributed by atoms with Gasteiger partial charge in [-0.1, -0.05) is 42.5 Å². The van der Waals surface area contributed by atoms with Crippen LogP contribution in [0.3, 0.4) is 0 Å². The number of carbonyl (C=O) groups excluding carboxylic acids is 1. The van der Waals surface area contributed by atoms with Crippen molar-refractivity contribution in [2.45, 2.75) is 5.66 Å². The molecule has 5 nitrogen and oxygen atoms in total. The van der Waals surface area contributed by atoms with E-state index in [0.717, 1.165) is 0 Å². The van der Waals surface area contributed by atoms with Gasteiger partial charge in [-0.3, -0.25) is 15.4 Å². The number of Topliss-reactive ketones (excluding diaryl/α,β-unsaturated/α-hetero) is 1. The molecule has 0 heterocycles. The van der Waals surface area contributed by atoms with Gasteiger partial charge in [-0.25, -0.2) is 0 Å². The van der Waals surface area contributed by atoms with Crippen molar-refractivity contribution in [2.24, 2.45) is 5.92 Å². The van der Waals surface area contributed by atoms with E-state index in [1.165, 1.54) is 0 Å². The van der Waals surface area contributed by atoms with Crippen LogP contribution in [0, 0.1) is 28.8 Å². The van der Waals surface area contributed by atoms with E-state index in [1.54, 1.807) is 48.8 Å². The predicted molar refractivity (Wildman–Crippen MR) is 72.8 cm³/mol. The van der Waals surface area contributed by atoms with Gasteiger partial charge in [0, 0.05) is 5.56 Å². The lowest BCUT2D eigenvalue weighted by Crippen LogP contribution is -2.51. The number of benzene rings is 1. The van der Waals surface area contributed by atoms with E-state index < -0.39 is 11.6 Å². The molecule has 0 radical (unpaired) electrons. The second-order valence-electron chi connectivity index (χ2n) is 4.32. The number of rotatable bonds is 4. The van der Waals surface area contributed by atoms with Gasteiger partial charge in [0.15, 0.2) is 23.8 Å². The molecule has 1 aliphatic rings. The van der Waals surface area contributed by atoms with Gasteiger partial charge < -0.3 is 0 Å². The first kappa shape index (κ1) is 13.4. The molecule has 2 N–H and O–H groups in total. The average molecular weight is 264 g/mol. The minimum atomic E-state index is -1.04. The van der Waals surface area contributed by atoms with E-state index in [1.807, 2.05) is 18.2 Å². The highest BCUT2D eigenvalue weighted by molar-refractivity contribution is 6.00. The summed E-state index contributed by atoms with van der Waals surface area (Å²) in [7, 11) is 0. The Labute approximate surface area is 116 Å². The molecule has 0 bridgehead atoms. The zero-order chi connectivity index (χ0) is 14.4. The van der Waals surface area contributed by atoms with E-state index in [-0.39, 0.29) is 5.78 Å². The monoisotopic (exact) mass is 264 g/mol. The Morgan fingerprint density at radius 1 is 1.05 bits per heavy atom. The molecule has 1 aromatic carbocycles. The molecule has 1 aromatic rings. The summed E-state index contributed by atoms with van der Waals surface area (Å²) in [6.07, 6.45) is 10.1. The molecule has 20 heavy (non-hydrogen) atoms. The third-order valence-corrected chi connectivity index (χ3v) is 3.02. The van der Waals surface area contributed by atoms with Crippen LogP contribution in [-0.2, 0) is 0 Å². The second-order valence-corrected chi connectivity index (χ2v) is 4.32. The highest BCUT2D eigenvalue weighted by atomic mass is 16.1. The third-order valence-electron chi connectivity index (χ3n) is 3.02. The van der Waals surface area contributed by atoms with Crippen molar-refractivity contribution in [1.82, 2.24) is 10.6 Å². The van der Waals surface area contributed by atoms with Crippen molar-refractivity contribution in [3.63, 3.8) is 0 Å². The van der Waals surface area contributed by atoms with Gasteiger partial charge in [-0.05, 0) is 12.2 Å². The molecule has 0 aliphatic heterocycles. The van der Waals surface area contributed by atoms with E-state index >= 15 is 0 Å². The highest BCUT2D eigenvalue weighted by Gasteiger charge is 2.28. The number of nitriles is 2. The lowest BCUT2D eigenvalue weighted by atomic mass is 9.90. The molecular weight excluding hydrogens is 252 g/mol. The highest BCUT2D eigenvalue weighted by Crippen LogP contribution is 2.20. The molecular formula is C15H12N4O. The number of hydrogen-bond donors (Lipinski definition) is 2. The molecule has 0 spiro atoms. The van der Waals surface area contributed by atoms with E-state index in [4.69, 9.17) is 10.5 Å². The fourth-order valence-corrected chi connectivity index (χ4v) is 1.98. The Hall–Kier alpha value is -3.05. The molecule has 0 fully saturated rings. The standard InChI is InChI=1S/C15H12N4O/c16-10-18-15(19-11-17)8-6-13(7-9-15)14(20)12-4-2-1-3-5-12/h1-9,13,18-19H. The van der Waals surface area contributed by atoms with Crippen LogP contribution < -0.4 is 10.6 Å². The Bertz CT molecular complexity index is 602. The largest absolute Gasteiger partial charge is 0.293 e. The third kappa shape index (κ3) is 2.68. The maximum absolute atomic E-state index is 12.3. The summed E-state index contributed by atoms with van der Waals surface area (Å²) < 4.78 is 0. The summed E-state index contributed by atoms with van der Waals surface area (Å²) in [6, 6.07) is 8.98. The smallest absolute Gasteiger partial charge is 0.179 e. The number of allylic oxidation sites excluding steroid dienone is 2. The first-order valence-electron chi connectivity index (χ1n) is 6.01. The van der Waals surface area contributed by atoms with Gasteiger partial charge in [0.05, 0.1) is 5.92 Å². The van der Waals surface area contributed by atoms with Gasteiger partial charge in [-0.2, -0.15) is 10.5 Å². The first-order chi connectivity index (χ1) is 9.71. The molecule has 0 saturated heterocycles. The van der Waals surface area contributed by atoms with Crippen LogP contribution in [0.2, 0.25) is 0 Å². The summed E-state index contributed by atoms with van der Waals surface area (Å²) in [5.41, 5.74) is -0.419. The Morgan fingerprint density at radius 3 is 2.10 bits per heavy atom. The SMILES string of the molecule is N#CNC1(NC#N)C=CC(C(=O)c2ccccc2)C=C1. The predicted octanol–water partition coefficient (Wildman–Crippen LogP) is 1.45. The van der Waals surface area contributed by atoms with Gasteiger partial charge in [-0.15, -0.1) is 0 Å². The number of nitrogens with zero attached hydrogens (tertiary/aromatic N) is 2. The van der Waals surface area contributed by atoms with Crippen molar-refractivity contribution >= 4 is 5.78 Å². The quantitative estimate of drug-likeness (QED) is 0.282. The number of nitrogens with one attached hydrogen (secondary N) is 2. The zero-order valence-corrected chi connectivity index (χ0v) is 10.6.